The van der Waals surface area contributed by atoms with Crippen molar-refractivity contribution in [2.24, 2.45) is 0 Å². The Kier molecular flexibility index (Phi) is 3.52. The maximum absolute atomic E-state index is 12.1. The monoisotopic (exact) mass is 309 g/mol. The van der Waals surface area contributed by atoms with Crippen LogP contribution in [-0.4, -0.2) is 26.7 Å². The predicted molar refractivity (Wildman–Crippen MR) is 72.3 cm³/mol. The zero-order chi connectivity index (χ0) is 13.3. The number of H-pyrrole nitrogens is 1. The van der Waals surface area contributed by atoms with E-state index in [9.17, 15) is 9.59 Å². The Morgan fingerprint density at radius 2 is 2.17 bits per heavy atom. The maximum atomic E-state index is 12.1. The van der Waals surface area contributed by atoms with Gasteiger partial charge in [0, 0.05) is 22.7 Å². The molecular formula is C13H12BrNO3. The van der Waals surface area contributed by atoms with E-state index in [1.807, 2.05) is 25.1 Å². The van der Waals surface area contributed by atoms with Gasteiger partial charge in [-0.05, 0) is 19.1 Å². The molecule has 1 heterocycles. The summed E-state index contributed by atoms with van der Waals surface area (Å²) in [6.07, 6.45) is 1.40. The number of aryl methyl sites for hydroxylation is 1. The average Bonchev–Trinajstić information content (AvgIpc) is 2.69. The molecule has 0 fully saturated rings. The fraction of sp³-hybridized carbons (Fsp3) is 0.231. The van der Waals surface area contributed by atoms with Crippen LogP contribution in [0.25, 0.3) is 10.9 Å². The summed E-state index contributed by atoms with van der Waals surface area (Å²) in [7, 11) is 0. The van der Waals surface area contributed by atoms with E-state index < -0.39 is 10.8 Å². The van der Waals surface area contributed by atoms with Gasteiger partial charge in [0.25, 0.3) is 0 Å². The molecule has 1 atom stereocenters. The summed E-state index contributed by atoms with van der Waals surface area (Å²) < 4.78 is 0. The third-order valence-electron chi connectivity index (χ3n) is 2.74. The number of carboxylic acids is 1. The second-order valence-electron chi connectivity index (χ2n) is 4.18. The Bertz CT molecular complexity index is 618. The van der Waals surface area contributed by atoms with E-state index in [0.717, 1.165) is 16.5 Å². The molecule has 1 aromatic heterocycles. The first-order chi connectivity index (χ1) is 8.49. The number of hydrogen-bond donors (Lipinski definition) is 2. The number of aromatic nitrogens is 1. The molecule has 0 amide bonds. The highest BCUT2D eigenvalue weighted by atomic mass is 79.9. The van der Waals surface area contributed by atoms with E-state index >= 15 is 0 Å². The van der Waals surface area contributed by atoms with Gasteiger partial charge in [0.2, 0.25) is 0 Å². The normalized spacial score (nSPS) is 12.6. The molecule has 4 nitrogen and oxygen atoms in total. The van der Waals surface area contributed by atoms with Gasteiger partial charge < -0.3 is 10.1 Å². The minimum Gasteiger partial charge on any atom is -0.481 e. The van der Waals surface area contributed by atoms with E-state index in [1.165, 1.54) is 0 Å². The molecule has 94 valence electrons. The van der Waals surface area contributed by atoms with Crippen molar-refractivity contribution in [3.05, 3.63) is 35.5 Å². The molecule has 0 saturated heterocycles. The quantitative estimate of drug-likeness (QED) is 0.674. The molecule has 0 aliphatic heterocycles. The summed E-state index contributed by atoms with van der Waals surface area (Å²) in [6, 6.07) is 5.78. The molecule has 1 unspecified atom stereocenters. The summed E-state index contributed by atoms with van der Waals surface area (Å²) in [5.74, 6) is -1.21. The number of ketones is 1. The number of aromatic amines is 1. The van der Waals surface area contributed by atoms with E-state index in [-0.39, 0.29) is 12.2 Å². The summed E-state index contributed by atoms with van der Waals surface area (Å²) in [4.78, 5) is 25.1. The van der Waals surface area contributed by atoms with Gasteiger partial charge in [-0.1, -0.05) is 27.6 Å². The number of carbonyl (C=O) groups excluding carboxylic acids is 1. The van der Waals surface area contributed by atoms with Gasteiger partial charge >= 0.3 is 5.97 Å². The van der Waals surface area contributed by atoms with Crippen molar-refractivity contribution in [2.75, 3.05) is 0 Å². The number of aliphatic carboxylic acids is 1. The summed E-state index contributed by atoms with van der Waals surface area (Å²) in [5, 5.41) is 9.53. The van der Waals surface area contributed by atoms with Crippen molar-refractivity contribution in [2.45, 2.75) is 18.2 Å². The van der Waals surface area contributed by atoms with Crippen molar-refractivity contribution in [1.29, 1.82) is 0 Å². The third-order valence-corrected chi connectivity index (χ3v) is 3.48. The Hall–Kier alpha value is -1.62. The highest BCUT2D eigenvalue weighted by Gasteiger charge is 2.22. The number of hydrogen-bond acceptors (Lipinski definition) is 2. The molecule has 18 heavy (non-hydrogen) atoms. The number of benzene rings is 1. The molecule has 0 aliphatic rings. The minimum atomic E-state index is -0.999. The predicted octanol–water partition coefficient (Wildman–Crippen LogP) is 2.90. The van der Waals surface area contributed by atoms with Gasteiger partial charge in [0.15, 0.2) is 5.78 Å². The molecular weight excluding hydrogens is 298 g/mol. The molecule has 1 aromatic carbocycles. The molecule has 2 aromatic rings. The lowest BCUT2D eigenvalue weighted by Gasteiger charge is -2.05. The van der Waals surface area contributed by atoms with Gasteiger partial charge in [0.1, 0.15) is 0 Å². The number of carbonyl (C=O) groups is 2. The molecule has 2 N–H and O–H groups in total. The Morgan fingerprint density at radius 3 is 2.83 bits per heavy atom. The van der Waals surface area contributed by atoms with Crippen LogP contribution in [0.2, 0.25) is 0 Å². The van der Waals surface area contributed by atoms with Crippen LogP contribution >= 0.6 is 15.9 Å². The van der Waals surface area contributed by atoms with Crippen molar-refractivity contribution in [3.63, 3.8) is 0 Å². The largest absolute Gasteiger partial charge is 0.481 e. The zero-order valence-electron chi connectivity index (χ0n) is 9.74. The first kappa shape index (κ1) is 12.8. The fourth-order valence-corrected chi connectivity index (χ4v) is 2.38. The Labute approximate surface area is 112 Å². The number of halogens is 1. The van der Waals surface area contributed by atoms with Crippen LogP contribution in [0.3, 0.4) is 0 Å². The Balaban J connectivity index is 2.38. The molecule has 0 radical (unpaired) electrons. The SMILES string of the molecule is Cc1ccc2[nH]cc(C(=O)C(Br)CC(=O)O)c2c1. The number of alkyl halides is 1. The number of fused-ring (bicyclic) bond motifs is 1. The summed E-state index contributed by atoms with van der Waals surface area (Å²) in [5.41, 5.74) is 2.45. The van der Waals surface area contributed by atoms with Crippen LogP contribution in [0.5, 0.6) is 0 Å². The lowest BCUT2D eigenvalue weighted by molar-refractivity contribution is -0.136. The van der Waals surface area contributed by atoms with E-state index in [2.05, 4.69) is 20.9 Å². The summed E-state index contributed by atoms with van der Waals surface area (Å²) >= 11 is 3.13. The first-order valence-corrected chi connectivity index (χ1v) is 6.38. The van der Waals surface area contributed by atoms with E-state index in [0.29, 0.717) is 5.56 Å². The number of Topliss-reactive ketones (excluding diaryl/α,β-unsaturated/α-hetero) is 1. The van der Waals surface area contributed by atoms with Crippen molar-refractivity contribution in [1.82, 2.24) is 4.98 Å². The lowest BCUT2D eigenvalue weighted by atomic mass is 10.0. The molecule has 0 bridgehead atoms. The smallest absolute Gasteiger partial charge is 0.304 e. The standard InChI is InChI=1S/C13H12BrNO3/c1-7-2-3-11-8(4-7)9(6-15-11)13(18)10(14)5-12(16)17/h2-4,6,10,15H,5H2,1H3,(H,16,17). The van der Waals surface area contributed by atoms with Gasteiger partial charge in [-0.25, -0.2) is 0 Å². The van der Waals surface area contributed by atoms with E-state index in [1.54, 1.807) is 6.20 Å². The van der Waals surface area contributed by atoms with Gasteiger partial charge in [-0.15, -0.1) is 0 Å². The highest BCUT2D eigenvalue weighted by Crippen LogP contribution is 2.23. The first-order valence-electron chi connectivity index (χ1n) is 5.47. The third kappa shape index (κ3) is 2.46. The molecule has 2 rings (SSSR count). The van der Waals surface area contributed by atoms with Crippen molar-refractivity contribution >= 4 is 38.6 Å². The number of rotatable bonds is 4. The van der Waals surface area contributed by atoms with Crippen LogP contribution in [-0.2, 0) is 4.79 Å². The number of nitrogens with one attached hydrogen (secondary N) is 1. The second-order valence-corrected chi connectivity index (χ2v) is 5.29. The van der Waals surface area contributed by atoms with E-state index in [4.69, 9.17) is 5.11 Å². The van der Waals surface area contributed by atoms with Crippen molar-refractivity contribution in [3.8, 4) is 0 Å². The molecule has 0 saturated carbocycles. The van der Waals surface area contributed by atoms with Crippen LogP contribution in [0.4, 0.5) is 0 Å². The van der Waals surface area contributed by atoms with Gasteiger partial charge in [-0.3, -0.25) is 9.59 Å². The van der Waals surface area contributed by atoms with Gasteiger partial charge in [0.05, 0.1) is 11.2 Å². The maximum Gasteiger partial charge on any atom is 0.304 e. The summed E-state index contributed by atoms with van der Waals surface area (Å²) in [6.45, 7) is 1.95. The average molecular weight is 310 g/mol. The second kappa shape index (κ2) is 4.94. The molecule has 0 aliphatic carbocycles. The molecule has 0 spiro atoms. The van der Waals surface area contributed by atoms with Crippen LogP contribution in [0.15, 0.2) is 24.4 Å². The van der Waals surface area contributed by atoms with Crippen LogP contribution in [0, 0.1) is 6.92 Å². The van der Waals surface area contributed by atoms with Crippen LogP contribution in [0.1, 0.15) is 22.3 Å². The van der Waals surface area contributed by atoms with Crippen LogP contribution < -0.4 is 0 Å². The Morgan fingerprint density at radius 1 is 1.44 bits per heavy atom. The highest BCUT2D eigenvalue weighted by molar-refractivity contribution is 9.10. The fourth-order valence-electron chi connectivity index (χ4n) is 1.85. The minimum absolute atomic E-state index is 0.214. The lowest BCUT2D eigenvalue weighted by Crippen LogP contribution is -2.17. The van der Waals surface area contributed by atoms with Crippen molar-refractivity contribution < 1.29 is 14.7 Å². The molecule has 5 heteroatoms. The van der Waals surface area contributed by atoms with Gasteiger partial charge in [-0.2, -0.15) is 0 Å². The number of carboxylic acid groups (broad SMARTS) is 1. The topological polar surface area (TPSA) is 70.2 Å². The zero-order valence-corrected chi connectivity index (χ0v) is 11.3.